The topological polar surface area (TPSA) is 133 Å². The van der Waals surface area contributed by atoms with Crippen molar-refractivity contribution in [2.75, 3.05) is 46.4 Å². The normalized spacial score (nSPS) is 19.2. The van der Waals surface area contributed by atoms with E-state index in [1.807, 2.05) is 13.8 Å². The maximum Gasteiger partial charge on any atom is 0.328 e. The molecule has 0 unspecified atom stereocenters. The molecule has 2 fully saturated rings. The lowest BCUT2D eigenvalue weighted by molar-refractivity contribution is -0.142. The summed E-state index contributed by atoms with van der Waals surface area (Å²) in [5.41, 5.74) is 0.744. The lowest BCUT2D eigenvalue weighted by atomic mass is 9.94. The largest absolute Gasteiger partial charge is 0.480 e. The molecule has 0 spiro atoms. The molecule has 1 atom stereocenters. The summed E-state index contributed by atoms with van der Waals surface area (Å²) in [7, 11) is 1.35. The molecule has 10 nitrogen and oxygen atoms in total. The van der Waals surface area contributed by atoms with E-state index < -0.39 is 17.9 Å². The van der Waals surface area contributed by atoms with E-state index in [1.165, 1.54) is 31.3 Å². The highest BCUT2D eigenvalue weighted by Gasteiger charge is 2.30. The number of hydrogen-bond acceptors (Lipinski definition) is 8. The number of piperidine rings is 2. The zero-order valence-corrected chi connectivity index (χ0v) is 21.1. The number of thiazole rings is 1. The number of ether oxygens (including phenoxy) is 1. The van der Waals surface area contributed by atoms with Crippen LogP contribution in [-0.4, -0.2) is 91.3 Å². The number of nitrogens with zero attached hydrogens (tertiary/aromatic N) is 2. The zero-order chi connectivity index (χ0) is 24.7. The van der Waals surface area contributed by atoms with Gasteiger partial charge >= 0.3 is 5.97 Å². The minimum absolute atomic E-state index is 0.0669. The van der Waals surface area contributed by atoms with Crippen molar-refractivity contribution in [2.24, 2.45) is 0 Å². The maximum absolute atomic E-state index is 13.0. The number of carboxylic acids is 1. The van der Waals surface area contributed by atoms with E-state index in [0.29, 0.717) is 16.8 Å². The Morgan fingerprint density at radius 1 is 1.21 bits per heavy atom. The number of carbonyl (C=O) groups is 3. The third-order valence-electron chi connectivity index (χ3n) is 6.50. The van der Waals surface area contributed by atoms with Crippen molar-refractivity contribution in [3.05, 3.63) is 15.6 Å². The number of rotatable bonds is 10. The van der Waals surface area contributed by atoms with Gasteiger partial charge in [0.15, 0.2) is 0 Å². The van der Waals surface area contributed by atoms with Crippen LogP contribution < -0.4 is 16.0 Å². The Bertz CT molecular complexity index is 847. The highest BCUT2D eigenvalue weighted by atomic mass is 32.1. The van der Waals surface area contributed by atoms with Crippen LogP contribution in [-0.2, 0) is 14.3 Å². The van der Waals surface area contributed by atoms with Crippen LogP contribution >= 0.6 is 11.3 Å². The molecule has 4 N–H and O–H groups in total. The van der Waals surface area contributed by atoms with Gasteiger partial charge in [0.1, 0.15) is 17.5 Å². The first kappa shape index (κ1) is 26.5. The number of hydrogen-bond donors (Lipinski definition) is 4. The number of likely N-dealkylation sites (tertiary alicyclic amines) is 1. The van der Waals surface area contributed by atoms with Crippen molar-refractivity contribution >= 4 is 29.1 Å². The number of nitrogens with one attached hydrogen (secondary N) is 3. The maximum atomic E-state index is 13.0. The summed E-state index contributed by atoms with van der Waals surface area (Å²) in [6.45, 7) is 7.82. The van der Waals surface area contributed by atoms with Gasteiger partial charge < -0.3 is 30.7 Å². The molecule has 3 rings (SSSR count). The SMILES string of the molecule is COCC(=O)N[C@@H](CNC(=O)c1sc(C2CCN(C3CCNCC3)CC2)nc1C(C)C)C(=O)O. The second-order valence-corrected chi connectivity index (χ2v) is 10.3. The fraction of sp³-hybridized carbons (Fsp3) is 0.739. The standard InChI is InChI=1S/C23H37N5O5S/c1-14(2)19-20(21(30)25-12-17(23(31)32)26-18(29)13-33-3)34-22(27-19)15-6-10-28(11-7-15)16-4-8-24-9-5-16/h14-17,24H,4-13H2,1-3H3,(H,25,30)(H,26,29)(H,31,32)/t17-/m0/s1. The summed E-state index contributed by atoms with van der Waals surface area (Å²) in [5.74, 6) is -1.73. The minimum Gasteiger partial charge on any atom is -0.480 e. The van der Waals surface area contributed by atoms with Crippen LogP contribution in [0, 0.1) is 0 Å². The quantitative estimate of drug-likeness (QED) is 0.380. The molecule has 34 heavy (non-hydrogen) atoms. The molecule has 0 aromatic carbocycles. The Morgan fingerprint density at radius 3 is 2.47 bits per heavy atom. The van der Waals surface area contributed by atoms with Crippen molar-refractivity contribution in [1.29, 1.82) is 0 Å². The van der Waals surface area contributed by atoms with Crippen LogP contribution in [0.2, 0.25) is 0 Å². The van der Waals surface area contributed by atoms with Crippen LogP contribution in [0.3, 0.4) is 0 Å². The third-order valence-corrected chi connectivity index (χ3v) is 7.73. The van der Waals surface area contributed by atoms with Gasteiger partial charge in [-0.1, -0.05) is 13.8 Å². The summed E-state index contributed by atoms with van der Waals surface area (Å²) in [6.07, 6.45) is 4.46. The lowest BCUT2D eigenvalue weighted by Gasteiger charge is -2.39. The van der Waals surface area contributed by atoms with E-state index in [1.54, 1.807) is 0 Å². The highest BCUT2D eigenvalue weighted by molar-refractivity contribution is 7.13. The Labute approximate surface area is 204 Å². The molecule has 0 saturated carbocycles. The molecule has 1 aromatic rings. The highest BCUT2D eigenvalue weighted by Crippen LogP contribution is 2.35. The van der Waals surface area contributed by atoms with E-state index in [0.717, 1.165) is 49.7 Å². The summed E-state index contributed by atoms with van der Waals surface area (Å²) >= 11 is 1.41. The van der Waals surface area contributed by atoms with E-state index in [4.69, 9.17) is 9.72 Å². The Kier molecular flexibility index (Phi) is 9.81. The van der Waals surface area contributed by atoms with Crippen molar-refractivity contribution in [3.63, 3.8) is 0 Å². The molecular weight excluding hydrogens is 458 g/mol. The summed E-state index contributed by atoms with van der Waals surface area (Å²) in [5, 5.41) is 18.8. The number of carboxylic acid groups (broad SMARTS) is 1. The van der Waals surface area contributed by atoms with E-state index >= 15 is 0 Å². The first-order valence-electron chi connectivity index (χ1n) is 12.0. The Morgan fingerprint density at radius 2 is 1.88 bits per heavy atom. The molecule has 0 aliphatic carbocycles. The smallest absolute Gasteiger partial charge is 0.328 e. The Balaban J connectivity index is 1.62. The summed E-state index contributed by atoms with van der Waals surface area (Å²) in [6, 6.07) is -0.571. The molecule has 2 amide bonds. The molecule has 3 heterocycles. The average Bonchev–Trinajstić information content (AvgIpc) is 3.28. The number of carbonyl (C=O) groups excluding carboxylic acids is 2. The van der Waals surface area contributed by atoms with Crippen LogP contribution in [0.4, 0.5) is 0 Å². The van der Waals surface area contributed by atoms with Crippen LogP contribution in [0.5, 0.6) is 0 Å². The molecule has 190 valence electrons. The summed E-state index contributed by atoms with van der Waals surface area (Å²) < 4.78 is 4.72. The zero-order valence-electron chi connectivity index (χ0n) is 20.3. The van der Waals surface area contributed by atoms with Gasteiger partial charge in [0, 0.05) is 25.6 Å². The van der Waals surface area contributed by atoms with Gasteiger partial charge in [0.2, 0.25) is 5.91 Å². The predicted molar refractivity (Wildman–Crippen MR) is 129 cm³/mol. The molecule has 2 aliphatic heterocycles. The second kappa shape index (κ2) is 12.6. The number of methoxy groups -OCH3 is 1. The molecular formula is C23H37N5O5S. The van der Waals surface area contributed by atoms with Crippen molar-refractivity contribution < 1.29 is 24.2 Å². The van der Waals surface area contributed by atoms with Gasteiger partial charge in [-0.25, -0.2) is 9.78 Å². The van der Waals surface area contributed by atoms with Crippen molar-refractivity contribution in [3.8, 4) is 0 Å². The van der Waals surface area contributed by atoms with Crippen LogP contribution in [0.25, 0.3) is 0 Å². The first-order valence-corrected chi connectivity index (χ1v) is 12.9. The molecule has 1 aromatic heterocycles. The Hall–Kier alpha value is -2.08. The van der Waals surface area contributed by atoms with E-state index in [-0.39, 0.29) is 25.0 Å². The van der Waals surface area contributed by atoms with Crippen LogP contribution in [0.1, 0.15) is 71.7 Å². The monoisotopic (exact) mass is 495 g/mol. The first-order chi connectivity index (χ1) is 16.3. The molecule has 2 saturated heterocycles. The molecule has 0 bridgehead atoms. The fourth-order valence-electron chi connectivity index (χ4n) is 4.60. The second-order valence-electron chi connectivity index (χ2n) is 9.31. The lowest BCUT2D eigenvalue weighted by Crippen LogP contribution is -2.49. The fourth-order valence-corrected chi connectivity index (χ4v) is 5.91. The van der Waals surface area contributed by atoms with Gasteiger partial charge in [-0.3, -0.25) is 9.59 Å². The van der Waals surface area contributed by atoms with Gasteiger partial charge in [0.05, 0.1) is 10.7 Å². The van der Waals surface area contributed by atoms with E-state index in [9.17, 15) is 19.5 Å². The molecule has 11 heteroatoms. The number of amides is 2. The number of aliphatic carboxylic acids is 1. The van der Waals surface area contributed by atoms with Crippen LogP contribution in [0.15, 0.2) is 0 Å². The van der Waals surface area contributed by atoms with Gasteiger partial charge in [-0.05, 0) is 57.8 Å². The minimum atomic E-state index is -1.24. The molecule has 0 radical (unpaired) electrons. The van der Waals surface area contributed by atoms with Gasteiger partial charge in [0.25, 0.3) is 5.91 Å². The van der Waals surface area contributed by atoms with Gasteiger partial charge in [-0.2, -0.15) is 0 Å². The summed E-state index contributed by atoms with van der Waals surface area (Å²) in [4.78, 5) is 44.1. The van der Waals surface area contributed by atoms with Crippen molar-refractivity contribution in [1.82, 2.24) is 25.8 Å². The van der Waals surface area contributed by atoms with Gasteiger partial charge in [-0.15, -0.1) is 11.3 Å². The average molecular weight is 496 g/mol. The molecule has 2 aliphatic rings. The van der Waals surface area contributed by atoms with Crippen molar-refractivity contribution in [2.45, 2.75) is 63.5 Å². The third kappa shape index (κ3) is 6.97. The number of aromatic nitrogens is 1. The predicted octanol–water partition coefficient (Wildman–Crippen LogP) is 1.14. The van der Waals surface area contributed by atoms with E-state index in [2.05, 4.69) is 20.9 Å².